The second-order valence-electron chi connectivity index (χ2n) is 5.75. The van der Waals surface area contributed by atoms with Gasteiger partial charge in [-0.1, -0.05) is 18.2 Å². The zero-order chi connectivity index (χ0) is 14.2. The Morgan fingerprint density at radius 2 is 1.95 bits per heavy atom. The highest BCUT2D eigenvalue weighted by Crippen LogP contribution is 2.31. The third kappa shape index (κ3) is 2.17. The molecule has 0 amide bonds. The van der Waals surface area contributed by atoms with E-state index in [1.165, 1.54) is 11.1 Å². The van der Waals surface area contributed by atoms with Crippen molar-refractivity contribution in [1.29, 1.82) is 0 Å². The third-order valence-corrected chi connectivity index (χ3v) is 4.30. The maximum absolute atomic E-state index is 4.44. The van der Waals surface area contributed by atoms with Crippen LogP contribution in [0.25, 0.3) is 10.9 Å². The summed E-state index contributed by atoms with van der Waals surface area (Å²) in [5.74, 6) is 1.80. The Bertz CT molecular complexity index is 766. The second kappa shape index (κ2) is 4.88. The number of hydrogen-bond donors (Lipinski definition) is 0. The Kier molecular flexibility index (Phi) is 2.88. The summed E-state index contributed by atoms with van der Waals surface area (Å²) in [6.45, 7) is 5.33. The summed E-state index contributed by atoms with van der Waals surface area (Å²) in [4.78, 5) is 11.2. The third-order valence-electron chi connectivity index (χ3n) is 4.30. The van der Waals surface area contributed by atoms with Crippen LogP contribution in [0.4, 0.5) is 5.69 Å². The minimum atomic E-state index is 0.699. The normalized spacial score (nSPS) is 15.4. The molecular formula is C17H18N4. The van der Waals surface area contributed by atoms with Crippen molar-refractivity contribution >= 4 is 16.6 Å². The Morgan fingerprint density at radius 3 is 2.76 bits per heavy atom. The minimum Gasteiger partial charge on any atom is -0.370 e. The van der Waals surface area contributed by atoms with Crippen molar-refractivity contribution in [3.63, 3.8) is 0 Å². The largest absolute Gasteiger partial charge is 0.370 e. The van der Waals surface area contributed by atoms with Crippen molar-refractivity contribution in [2.75, 3.05) is 18.0 Å². The molecule has 4 rings (SSSR count). The lowest BCUT2D eigenvalue weighted by Crippen LogP contribution is -2.48. The van der Waals surface area contributed by atoms with Gasteiger partial charge in [0.25, 0.3) is 0 Å². The molecule has 0 aliphatic carbocycles. The quantitative estimate of drug-likeness (QED) is 0.738. The van der Waals surface area contributed by atoms with Gasteiger partial charge in [-0.3, -0.25) is 4.98 Å². The predicted molar refractivity (Wildman–Crippen MR) is 84.4 cm³/mol. The Balaban J connectivity index is 1.51. The standard InChI is InChI=1S/C17H18N4/c1-13-18-8-9-20(13)10-14-11-21(12-14)17-6-7-19-16-5-3-2-4-15(16)17/h2-9,14H,10-12H2,1H3. The second-order valence-corrected chi connectivity index (χ2v) is 5.75. The molecule has 0 saturated carbocycles. The van der Waals surface area contributed by atoms with Crippen LogP contribution in [0.1, 0.15) is 5.82 Å². The smallest absolute Gasteiger partial charge is 0.105 e. The average Bonchev–Trinajstić information content (AvgIpc) is 2.87. The van der Waals surface area contributed by atoms with Gasteiger partial charge >= 0.3 is 0 Å². The number of para-hydroxylation sites is 1. The summed E-state index contributed by atoms with van der Waals surface area (Å²) >= 11 is 0. The van der Waals surface area contributed by atoms with Gasteiger partial charge in [0.1, 0.15) is 5.82 Å². The topological polar surface area (TPSA) is 34.0 Å². The molecule has 4 nitrogen and oxygen atoms in total. The zero-order valence-corrected chi connectivity index (χ0v) is 12.1. The van der Waals surface area contributed by atoms with E-state index < -0.39 is 0 Å². The van der Waals surface area contributed by atoms with Gasteiger partial charge in [0.15, 0.2) is 0 Å². The number of hydrogen-bond acceptors (Lipinski definition) is 3. The number of pyridine rings is 1. The van der Waals surface area contributed by atoms with E-state index in [9.17, 15) is 0 Å². The molecule has 21 heavy (non-hydrogen) atoms. The number of imidazole rings is 1. The predicted octanol–water partition coefficient (Wildman–Crippen LogP) is 2.88. The number of benzene rings is 1. The van der Waals surface area contributed by atoms with Crippen molar-refractivity contribution < 1.29 is 0 Å². The Morgan fingerprint density at radius 1 is 1.10 bits per heavy atom. The molecular weight excluding hydrogens is 260 g/mol. The summed E-state index contributed by atoms with van der Waals surface area (Å²) in [6, 6.07) is 10.5. The summed E-state index contributed by atoms with van der Waals surface area (Å²) in [5.41, 5.74) is 2.38. The average molecular weight is 278 g/mol. The van der Waals surface area contributed by atoms with Crippen LogP contribution in [0.15, 0.2) is 48.9 Å². The van der Waals surface area contributed by atoms with Crippen molar-refractivity contribution in [3.05, 3.63) is 54.7 Å². The molecule has 0 unspecified atom stereocenters. The number of fused-ring (bicyclic) bond motifs is 1. The van der Waals surface area contributed by atoms with Crippen LogP contribution >= 0.6 is 0 Å². The van der Waals surface area contributed by atoms with Crippen LogP contribution in [0.2, 0.25) is 0 Å². The van der Waals surface area contributed by atoms with Crippen molar-refractivity contribution in [2.45, 2.75) is 13.5 Å². The number of aromatic nitrogens is 3. The van der Waals surface area contributed by atoms with Crippen molar-refractivity contribution in [3.8, 4) is 0 Å². The van der Waals surface area contributed by atoms with Crippen molar-refractivity contribution in [1.82, 2.24) is 14.5 Å². The number of nitrogens with zero attached hydrogens (tertiary/aromatic N) is 4. The molecule has 0 N–H and O–H groups in total. The van der Waals surface area contributed by atoms with Crippen LogP contribution in [-0.4, -0.2) is 27.6 Å². The fraction of sp³-hybridized carbons (Fsp3) is 0.294. The molecule has 2 aromatic heterocycles. The molecule has 0 bridgehead atoms. The van der Waals surface area contributed by atoms with Gasteiger partial charge in [0.05, 0.1) is 5.52 Å². The molecule has 1 saturated heterocycles. The van der Waals surface area contributed by atoms with Gasteiger partial charge in [-0.2, -0.15) is 0 Å². The molecule has 3 heterocycles. The monoisotopic (exact) mass is 278 g/mol. The fourth-order valence-electron chi connectivity index (χ4n) is 3.11. The van der Waals surface area contributed by atoms with Gasteiger partial charge < -0.3 is 9.47 Å². The van der Waals surface area contributed by atoms with E-state index in [4.69, 9.17) is 0 Å². The number of rotatable bonds is 3. The molecule has 3 aromatic rings. The first-order valence-electron chi connectivity index (χ1n) is 7.38. The van der Waals surface area contributed by atoms with E-state index in [1.807, 2.05) is 18.5 Å². The first-order valence-corrected chi connectivity index (χ1v) is 7.38. The van der Waals surface area contributed by atoms with E-state index in [2.05, 4.69) is 56.8 Å². The van der Waals surface area contributed by atoms with Gasteiger partial charge in [0, 0.05) is 55.2 Å². The Labute approximate surface area is 124 Å². The highest BCUT2D eigenvalue weighted by Gasteiger charge is 2.28. The van der Waals surface area contributed by atoms with E-state index in [0.717, 1.165) is 31.0 Å². The maximum atomic E-state index is 4.44. The van der Waals surface area contributed by atoms with Crippen LogP contribution in [0.5, 0.6) is 0 Å². The zero-order valence-electron chi connectivity index (χ0n) is 12.1. The molecule has 0 radical (unpaired) electrons. The molecule has 1 aromatic carbocycles. The lowest BCUT2D eigenvalue weighted by atomic mass is 9.98. The summed E-state index contributed by atoms with van der Waals surface area (Å²) < 4.78 is 2.24. The highest BCUT2D eigenvalue weighted by atomic mass is 15.2. The SMILES string of the molecule is Cc1nccn1CC1CN(c2ccnc3ccccc23)C1. The molecule has 4 heteroatoms. The number of anilines is 1. The highest BCUT2D eigenvalue weighted by molar-refractivity contribution is 5.91. The lowest BCUT2D eigenvalue weighted by molar-refractivity contribution is 0.355. The first-order chi connectivity index (χ1) is 10.3. The summed E-state index contributed by atoms with van der Waals surface area (Å²) in [7, 11) is 0. The Hall–Kier alpha value is -2.36. The first kappa shape index (κ1) is 12.4. The van der Waals surface area contributed by atoms with Crippen LogP contribution in [0.3, 0.4) is 0 Å². The summed E-state index contributed by atoms with van der Waals surface area (Å²) in [5, 5.41) is 1.25. The minimum absolute atomic E-state index is 0.699. The van der Waals surface area contributed by atoms with E-state index in [-0.39, 0.29) is 0 Å². The maximum Gasteiger partial charge on any atom is 0.105 e. The molecule has 1 aliphatic heterocycles. The van der Waals surface area contributed by atoms with Crippen LogP contribution < -0.4 is 4.90 Å². The van der Waals surface area contributed by atoms with E-state index in [0.29, 0.717) is 5.92 Å². The van der Waals surface area contributed by atoms with Gasteiger partial charge in [0.2, 0.25) is 0 Å². The van der Waals surface area contributed by atoms with E-state index in [1.54, 1.807) is 0 Å². The molecule has 0 atom stereocenters. The molecule has 1 aliphatic rings. The van der Waals surface area contributed by atoms with E-state index >= 15 is 0 Å². The number of aryl methyl sites for hydroxylation is 1. The summed E-state index contributed by atoms with van der Waals surface area (Å²) in [6.07, 6.45) is 5.85. The van der Waals surface area contributed by atoms with Gasteiger partial charge in [-0.25, -0.2) is 4.98 Å². The lowest BCUT2D eigenvalue weighted by Gasteiger charge is -2.41. The molecule has 106 valence electrons. The molecule has 1 fully saturated rings. The van der Waals surface area contributed by atoms with Gasteiger partial charge in [-0.05, 0) is 19.1 Å². The molecule has 0 spiro atoms. The fourth-order valence-corrected chi connectivity index (χ4v) is 3.11. The van der Waals surface area contributed by atoms with Crippen LogP contribution in [-0.2, 0) is 6.54 Å². The van der Waals surface area contributed by atoms with Crippen molar-refractivity contribution in [2.24, 2.45) is 5.92 Å². The van der Waals surface area contributed by atoms with Crippen LogP contribution in [0, 0.1) is 12.8 Å². The van der Waals surface area contributed by atoms with Gasteiger partial charge in [-0.15, -0.1) is 0 Å².